The minimum Gasteiger partial charge on any atom is -0.453 e. The molecule has 0 radical (unpaired) electrons. The second kappa shape index (κ2) is 10.3. The van der Waals surface area contributed by atoms with E-state index in [1.807, 2.05) is 72.7 Å². The second-order valence-electron chi connectivity index (χ2n) is 4.40. The minimum atomic E-state index is -0.377. The van der Waals surface area contributed by atoms with Crippen molar-refractivity contribution >= 4 is 6.09 Å². The molecule has 0 N–H and O–H groups in total. The van der Waals surface area contributed by atoms with Gasteiger partial charge in [0.25, 0.3) is 0 Å². The number of amides is 1. The average molecular weight is 281 g/mol. The lowest BCUT2D eigenvalue weighted by Crippen LogP contribution is -2.43. The van der Waals surface area contributed by atoms with Gasteiger partial charge in [0.05, 0.1) is 12.6 Å². The van der Waals surface area contributed by atoms with Crippen LogP contribution in [-0.4, -0.2) is 25.2 Å². The van der Waals surface area contributed by atoms with E-state index in [4.69, 9.17) is 4.74 Å². The zero-order valence-corrected chi connectivity index (χ0v) is 14.6. The number of carbonyl (C=O) groups is 1. The highest BCUT2D eigenvalue weighted by atomic mass is 16.5. The lowest BCUT2D eigenvalue weighted by molar-refractivity contribution is 0.0917. The standard InChI is InChI=1S/C13H19NO2.2C2H6/c1-10-8-6-7-9-11(10)13(2,3)14(4)12(15)16-5;2*1-2/h6-9H,1-5H3;2*1-2H3. The Bertz CT molecular complexity index is 386. The van der Waals surface area contributed by atoms with Gasteiger partial charge < -0.3 is 9.64 Å². The van der Waals surface area contributed by atoms with Gasteiger partial charge in [0.2, 0.25) is 0 Å². The van der Waals surface area contributed by atoms with Gasteiger partial charge in [0.1, 0.15) is 0 Å². The number of ether oxygens (including phenoxy) is 1. The van der Waals surface area contributed by atoms with Crippen LogP contribution in [-0.2, 0) is 10.3 Å². The first-order chi connectivity index (χ1) is 9.41. The molecule has 0 aliphatic carbocycles. The summed E-state index contributed by atoms with van der Waals surface area (Å²) in [5.41, 5.74) is 1.92. The Labute approximate surface area is 124 Å². The van der Waals surface area contributed by atoms with Crippen molar-refractivity contribution in [2.24, 2.45) is 0 Å². The first-order valence-electron chi connectivity index (χ1n) is 7.29. The number of rotatable bonds is 2. The van der Waals surface area contributed by atoms with Crippen molar-refractivity contribution in [2.45, 2.75) is 54.0 Å². The molecule has 3 nitrogen and oxygen atoms in total. The number of methoxy groups -OCH3 is 1. The Balaban J connectivity index is 0. The Morgan fingerprint density at radius 1 is 1.10 bits per heavy atom. The predicted molar refractivity (Wildman–Crippen MR) is 87.1 cm³/mol. The zero-order valence-electron chi connectivity index (χ0n) is 14.6. The lowest BCUT2D eigenvalue weighted by Gasteiger charge is -2.36. The third-order valence-corrected chi connectivity index (χ3v) is 3.09. The molecule has 1 amide bonds. The van der Waals surface area contributed by atoms with Gasteiger partial charge in [0.15, 0.2) is 0 Å². The van der Waals surface area contributed by atoms with Crippen molar-refractivity contribution in [1.82, 2.24) is 4.90 Å². The van der Waals surface area contributed by atoms with Crippen molar-refractivity contribution in [2.75, 3.05) is 14.2 Å². The summed E-state index contributed by atoms with van der Waals surface area (Å²) in [6, 6.07) is 8.05. The Morgan fingerprint density at radius 3 is 1.95 bits per heavy atom. The van der Waals surface area contributed by atoms with Crippen LogP contribution in [0.15, 0.2) is 24.3 Å². The van der Waals surface area contributed by atoms with E-state index in [-0.39, 0.29) is 11.6 Å². The number of hydrogen-bond donors (Lipinski definition) is 0. The fraction of sp³-hybridized carbons (Fsp3) is 0.588. The van der Waals surface area contributed by atoms with E-state index in [0.717, 1.165) is 5.56 Å². The lowest BCUT2D eigenvalue weighted by atomic mass is 9.89. The molecule has 3 heteroatoms. The summed E-state index contributed by atoms with van der Waals surface area (Å²) in [6.07, 6.45) is -0.326. The number of benzene rings is 1. The first kappa shape index (κ1) is 20.8. The minimum absolute atomic E-state index is 0.326. The Kier molecular flexibility index (Phi) is 10.7. The maximum atomic E-state index is 11.5. The summed E-state index contributed by atoms with van der Waals surface area (Å²) in [4.78, 5) is 13.2. The molecule has 1 aromatic carbocycles. The van der Waals surface area contributed by atoms with Crippen LogP contribution in [0.25, 0.3) is 0 Å². The summed E-state index contributed by atoms with van der Waals surface area (Å²) < 4.78 is 4.75. The molecule has 0 aliphatic heterocycles. The van der Waals surface area contributed by atoms with E-state index in [1.165, 1.54) is 12.7 Å². The van der Waals surface area contributed by atoms with Crippen LogP contribution < -0.4 is 0 Å². The van der Waals surface area contributed by atoms with Crippen LogP contribution in [0.1, 0.15) is 52.7 Å². The molecule has 20 heavy (non-hydrogen) atoms. The van der Waals surface area contributed by atoms with E-state index >= 15 is 0 Å². The van der Waals surface area contributed by atoms with E-state index < -0.39 is 0 Å². The van der Waals surface area contributed by atoms with Gasteiger partial charge in [-0.3, -0.25) is 0 Å². The molecule has 116 valence electrons. The molecule has 0 heterocycles. The van der Waals surface area contributed by atoms with Crippen LogP contribution in [0, 0.1) is 6.92 Å². The Morgan fingerprint density at radius 2 is 1.55 bits per heavy atom. The number of nitrogens with zero attached hydrogens (tertiary/aromatic N) is 1. The predicted octanol–water partition coefficient (Wildman–Crippen LogP) is 4.98. The van der Waals surface area contributed by atoms with Crippen LogP contribution in [0.4, 0.5) is 4.79 Å². The summed E-state index contributed by atoms with van der Waals surface area (Å²) in [6.45, 7) is 14.1. The van der Waals surface area contributed by atoms with Crippen molar-refractivity contribution in [3.8, 4) is 0 Å². The van der Waals surface area contributed by atoms with Crippen molar-refractivity contribution in [1.29, 1.82) is 0 Å². The molecule has 0 aliphatic rings. The highest BCUT2D eigenvalue weighted by Gasteiger charge is 2.31. The normalized spacial score (nSPS) is 9.45. The van der Waals surface area contributed by atoms with Crippen molar-refractivity contribution in [3.05, 3.63) is 35.4 Å². The van der Waals surface area contributed by atoms with Gasteiger partial charge in [-0.2, -0.15) is 0 Å². The molecule has 0 saturated carbocycles. The van der Waals surface area contributed by atoms with E-state index in [9.17, 15) is 4.79 Å². The molecule has 0 fully saturated rings. The van der Waals surface area contributed by atoms with Crippen LogP contribution in [0.3, 0.4) is 0 Å². The molecule has 0 unspecified atom stereocenters. The van der Waals surface area contributed by atoms with Crippen LogP contribution in [0.2, 0.25) is 0 Å². The SMILES string of the molecule is CC.CC.COC(=O)N(C)C(C)(C)c1ccccc1C. The smallest absolute Gasteiger partial charge is 0.409 e. The monoisotopic (exact) mass is 281 g/mol. The molecular weight excluding hydrogens is 250 g/mol. The molecule has 1 aromatic rings. The fourth-order valence-corrected chi connectivity index (χ4v) is 1.81. The van der Waals surface area contributed by atoms with Gasteiger partial charge in [-0.25, -0.2) is 4.79 Å². The zero-order chi connectivity index (χ0) is 16.3. The van der Waals surface area contributed by atoms with Crippen LogP contribution in [0.5, 0.6) is 0 Å². The van der Waals surface area contributed by atoms with Crippen molar-refractivity contribution < 1.29 is 9.53 Å². The maximum Gasteiger partial charge on any atom is 0.409 e. The highest BCUT2D eigenvalue weighted by Crippen LogP contribution is 2.29. The Hall–Kier alpha value is -1.51. The van der Waals surface area contributed by atoms with Gasteiger partial charge in [0, 0.05) is 7.05 Å². The summed E-state index contributed by atoms with van der Waals surface area (Å²) in [7, 11) is 3.14. The molecule has 0 atom stereocenters. The third kappa shape index (κ3) is 5.24. The third-order valence-electron chi connectivity index (χ3n) is 3.09. The van der Waals surface area contributed by atoms with E-state index in [1.54, 1.807) is 11.9 Å². The average Bonchev–Trinajstić information content (AvgIpc) is 2.50. The topological polar surface area (TPSA) is 29.5 Å². The maximum absolute atomic E-state index is 11.5. The van der Waals surface area contributed by atoms with Gasteiger partial charge in [-0.1, -0.05) is 52.0 Å². The largest absolute Gasteiger partial charge is 0.453 e. The molecule has 1 rings (SSSR count). The fourth-order valence-electron chi connectivity index (χ4n) is 1.81. The molecule has 0 saturated heterocycles. The van der Waals surface area contributed by atoms with Gasteiger partial charge >= 0.3 is 6.09 Å². The van der Waals surface area contributed by atoms with Gasteiger partial charge in [-0.05, 0) is 31.9 Å². The van der Waals surface area contributed by atoms with E-state index in [2.05, 4.69) is 0 Å². The van der Waals surface area contributed by atoms with Crippen molar-refractivity contribution in [3.63, 3.8) is 0 Å². The summed E-state index contributed by atoms with van der Waals surface area (Å²) in [5.74, 6) is 0. The molecule has 0 spiro atoms. The molecule has 0 aromatic heterocycles. The molecule has 0 bridgehead atoms. The van der Waals surface area contributed by atoms with E-state index in [0.29, 0.717) is 0 Å². The van der Waals surface area contributed by atoms with Gasteiger partial charge in [-0.15, -0.1) is 0 Å². The quantitative estimate of drug-likeness (QED) is 0.765. The second-order valence-corrected chi connectivity index (χ2v) is 4.40. The highest BCUT2D eigenvalue weighted by molar-refractivity contribution is 5.68. The summed E-state index contributed by atoms with van der Waals surface area (Å²) >= 11 is 0. The number of aryl methyl sites for hydroxylation is 1. The number of hydrogen-bond acceptors (Lipinski definition) is 2. The first-order valence-corrected chi connectivity index (χ1v) is 7.29. The number of carbonyl (C=O) groups excluding carboxylic acids is 1. The van der Waals surface area contributed by atoms with Crippen LogP contribution >= 0.6 is 0 Å². The summed E-state index contributed by atoms with van der Waals surface area (Å²) in [5, 5.41) is 0. The molecular formula is C17H31NO2.